The van der Waals surface area contributed by atoms with Crippen molar-refractivity contribution in [3.05, 3.63) is 32.6 Å². The summed E-state index contributed by atoms with van der Waals surface area (Å²) < 4.78 is 0. The molecular formula is C7H12ClN3O2. The van der Waals surface area contributed by atoms with Crippen molar-refractivity contribution in [2.45, 2.75) is 6.54 Å². The van der Waals surface area contributed by atoms with Crippen LogP contribution in [0.3, 0.4) is 0 Å². The molecule has 5 nitrogen and oxygen atoms in total. The van der Waals surface area contributed by atoms with Gasteiger partial charge < -0.3 is 9.88 Å². The van der Waals surface area contributed by atoms with Gasteiger partial charge in [-0.05, 0) is 14.1 Å². The molecule has 0 saturated carbocycles. The SMILES string of the molecule is CN(C)Cc1c[nH]c(=O)[nH]c1=O.Cl. The molecule has 0 spiro atoms. The lowest BCUT2D eigenvalue weighted by molar-refractivity contribution is 0.399. The maximum absolute atomic E-state index is 11.1. The maximum atomic E-state index is 11.1. The first kappa shape index (κ1) is 11.9. The van der Waals surface area contributed by atoms with E-state index in [2.05, 4.69) is 9.97 Å². The Bertz CT molecular complexity index is 368. The van der Waals surface area contributed by atoms with E-state index in [4.69, 9.17) is 0 Å². The minimum atomic E-state index is -0.470. The van der Waals surface area contributed by atoms with Crippen LogP contribution in [0, 0.1) is 0 Å². The van der Waals surface area contributed by atoms with E-state index in [0.29, 0.717) is 12.1 Å². The van der Waals surface area contributed by atoms with Crippen LogP contribution in [0.1, 0.15) is 5.56 Å². The van der Waals surface area contributed by atoms with Gasteiger partial charge in [-0.2, -0.15) is 0 Å². The highest BCUT2D eigenvalue weighted by molar-refractivity contribution is 5.85. The summed E-state index contributed by atoms with van der Waals surface area (Å²) in [5.74, 6) is 0. The van der Waals surface area contributed by atoms with Crippen molar-refractivity contribution in [1.29, 1.82) is 0 Å². The summed E-state index contributed by atoms with van der Waals surface area (Å²) in [4.78, 5) is 28.1. The van der Waals surface area contributed by atoms with Crippen molar-refractivity contribution in [3.63, 3.8) is 0 Å². The molecule has 0 saturated heterocycles. The van der Waals surface area contributed by atoms with Crippen LogP contribution in [0.2, 0.25) is 0 Å². The normalized spacial score (nSPS) is 9.77. The summed E-state index contributed by atoms with van der Waals surface area (Å²) in [5.41, 5.74) is -0.241. The summed E-state index contributed by atoms with van der Waals surface area (Å²) in [6.45, 7) is 0.520. The number of nitrogens with zero attached hydrogens (tertiary/aromatic N) is 1. The molecule has 0 aliphatic carbocycles. The van der Waals surface area contributed by atoms with Crippen LogP contribution in [0.5, 0.6) is 0 Å². The lowest BCUT2D eigenvalue weighted by Gasteiger charge is -2.06. The van der Waals surface area contributed by atoms with Crippen molar-refractivity contribution >= 4 is 12.4 Å². The molecule has 0 aliphatic rings. The van der Waals surface area contributed by atoms with E-state index >= 15 is 0 Å². The molecule has 1 rings (SSSR count). The second-order valence-electron chi connectivity index (χ2n) is 2.83. The van der Waals surface area contributed by atoms with E-state index in [1.165, 1.54) is 6.20 Å². The van der Waals surface area contributed by atoms with Crippen LogP contribution in [0.4, 0.5) is 0 Å². The van der Waals surface area contributed by atoms with Crippen molar-refractivity contribution in [3.8, 4) is 0 Å². The zero-order chi connectivity index (χ0) is 9.14. The van der Waals surface area contributed by atoms with E-state index in [0.717, 1.165) is 0 Å². The minimum absolute atomic E-state index is 0. The fourth-order valence-corrected chi connectivity index (χ4v) is 0.896. The van der Waals surface area contributed by atoms with E-state index in [1.807, 2.05) is 19.0 Å². The molecule has 0 atom stereocenters. The quantitative estimate of drug-likeness (QED) is 0.687. The maximum Gasteiger partial charge on any atom is 0.325 e. The van der Waals surface area contributed by atoms with E-state index < -0.39 is 5.69 Å². The Balaban J connectivity index is 0.00000144. The standard InChI is InChI=1S/C7H11N3O2.ClH/c1-10(2)4-5-3-8-7(12)9-6(5)11;/h3H,4H2,1-2H3,(H2,8,9,11,12);1H. The monoisotopic (exact) mass is 205 g/mol. The van der Waals surface area contributed by atoms with Crippen LogP contribution in [-0.2, 0) is 6.54 Å². The first-order valence-electron chi connectivity index (χ1n) is 3.55. The molecular weight excluding hydrogens is 194 g/mol. The number of H-pyrrole nitrogens is 2. The van der Waals surface area contributed by atoms with Gasteiger partial charge in [0.15, 0.2) is 0 Å². The van der Waals surface area contributed by atoms with Crippen molar-refractivity contribution in [1.82, 2.24) is 14.9 Å². The zero-order valence-electron chi connectivity index (χ0n) is 7.46. The average Bonchev–Trinajstić information content (AvgIpc) is 1.94. The van der Waals surface area contributed by atoms with Gasteiger partial charge in [0, 0.05) is 18.3 Å². The first-order chi connectivity index (χ1) is 5.59. The third-order valence-electron chi connectivity index (χ3n) is 1.38. The minimum Gasteiger partial charge on any atom is -0.314 e. The van der Waals surface area contributed by atoms with Crippen LogP contribution in [-0.4, -0.2) is 29.0 Å². The highest BCUT2D eigenvalue weighted by atomic mass is 35.5. The first-order valence-corrected chi connectivity index (χ1v) is 3.55. The van der Waals surface area contributed by atoms with Crippen LogP contribution in [0.15, 0.2) is 15.8 Å². The van der Waals surface area contributed by atoms with E-state index in [-0.39, 0.29) is 18.0 Å². The molecule has 0 aromatic carbocycles. The van der Waals surface area contributed by atoms with Crippen LogP contribution in [0.25, 0.3) is 0 Å². The molecule has 0 unspecified atom stereocenters. The zero-order valence-corrected chi connectivity index (χ0v) is 8.27. The number of hydrogen-bond acceptors (Lipinski definition) is 3. The average molecular weight is 206 g/mol. The van der Waals surface area contributed by atoms with Crippen LogP contribution < -0.4 is 11.2 Å². The second kappa shape index (κ2) is 4.84. The summed E-state index contributed by atoms with van der Waals surface area (Å²) >= 11 is 0. The molecule has 6 heteroatoms. The Labute approximate surface area is 81.2 Å². The van der Waals surface area contributed by atoms with Gasteiger partial charge in [-0.1, -0.05) is 0 Å². The number of aromatic amines is 2. The fourth-order valence-electron chi connectivity index (χ4n) is 0.896. The third-order valence-corrected chi connectivity index (χ3v) is 1.38. The van der Waals surface area contributed by atoms with Crippen molar-refractivity contribution in [2.75, 3.05) is 14.1 Å². The lowest BCUT2D eigenvalue weighted by atomic mass is 10.3. The Kier molecular flexibility index (Phi) is 4.44. The summed E-state index contributed by atoms with van der Waals surface area (Å²) in [6.07, 6.45) is 1.43. The summed E-state index contributed by atoms with van der Waals surface area (Å²) in [5, 5.41) is 0. The Morgan fingerprint density at radius 2 is 2.00 bits per heavy atom. The second-order valence-corrected chi connectivity index (χ2v) is 2.83. The van der Waals surface area contributed by atoms with E-state index in [9.17, 15) is 9.59 Å². The summed E-state index contributed by atoms with van der Waals surface area (Å²) in [6, 6.07) is 0. The van der Waals surface area contributed by atoms with Crippen LogP contribution >= 0.6 is 12.4 Å². The fraction of sp³-hybridized carbons (Fsp3) is 0.429. The lowest BCUT2D eigenvalue weighted by Crippen LogP contribution is -2.27. The highest BCUT2D eigenvalue weighted by Gasteiger charge is 2.00. The molecule has 0 amide bonds. The topological polar surface area (TPSA) is 69.0 Å². The van der Waals surface area contributed by atoms with Gasteiger partial charge >= 0.3 is 5.69 Å². The predicted molar refractivity (Wildman–Crippen MR) is 52.3 cm³/mol. The number of halogens is 1. The Morgan fingerprint density at radius 3 is 2.46 bits per heavy atom. The molecule has 2 N–H and O–H groups in total. The number of hydrogen-bond donors (Lipinski definition) is 2. The molecule has 0 radical (unpaired) electrons. The van der Waals surface area contributed by atoms with Crippen molar-refractivity contribution < 1.29 is 0 Å². The number of aromatic nitrogens is 2. The van der Waals surface area contributed by atoms with Gasteiger partial charge in [-0.3, -0.25) is 9.78 Å². The van der Waals surface area contributed by atoms with Gasteiger partial charge in [0.25, 0.3) is 5.56 Å². The molecule has 0 bridgehead atoms. The summed E-state index contributed by atoms with van der Waals surface area (Å²) in [7, 11) is 3.70. The molecule has 0 fully saturated rings. The molecule has 1 aromatic rings. The molecule has 13 heavy (non-hydrogen) atoms. The van der Waals surface area contributed by atoms with Crippen molar-refractivity contribution in [2.24, 2.45) is 0 Å². The molecule has 0 aliphatic heterocycles. The number of nitrogens with one attached hydrogen (secondary N) is 2. The smallest absolute Gasteiger partial charge is 0.314 e. The molecule has 1 aromatic heterocycles. The van der Waals surface area contributed by atoms with E-state index in [1.54, 1.807) is 0 Å². The van der Waals surface area contributed by atoms with Gasteiger partial charge in [0.1, 0.15) is 0 Å². The third kappa shape index (κ3) is 3.43. The Morgan fingerprint density at radius 1 is 1.38 bits per heavy atom. The van der Waals surface area contributed by atoms with Gasteiger partial charge in [-0.15, -0.1) is 12.4 Å². The molecule has 1 heterocycles. The number of rotatable bonds is 2. The highest BCUT2D eigenvalue weighted by Crippen LogP contribution is 1.88. The largest absolute Gasteiger partial charge is 0.325 e. The van der Waals surface area contributed by atoms with Gasteiger partial charge in [-0.25, -0.2) is 4.79 Å². The molecule has 74 valence electrons. The Hall–Kier alpha value is -1.07. The van der Waals surface area contributed by atoms with Gasteiger partial charge in [0.05, 0.1) is 0 Å². The predicted octanol–water partition coefficient (Wildman–Crippen LogP) is -0.453. The van der Waals surface area contributed by atoms with Gasteiger partial charge in [0.2, 0.25) is 0 Å².